The van der Waals surface area contributed by atoms with Gasteiger partial charge in [0.1, 0.15) is 0 Å². The van der Waals surface area contributed by atoms with Gasteiger partial charge in [0.15, 0.2) is 0 Å². The van der Waals surface area contributed by atoms with E-state index < -0.39 is 10.0 Å². The van der Waals surface area contributed by atoms with Gasteiger partial charge in [-0.2, -0.15) is 0 Å². The molecule has 0 bridgehead atoms. The minimum Gasteiger partial charge on any atom is -0.462 e. The Balaban J connectivity index is 2.09. The fourth-order valence-electron chi connectivity index (χ4n) is 1.80. The van der Waals surface area contributed by atoms with Gasteiger partial charge in [0, 0.05) is 11.4 Å². The van der Waals surface area contributed by atoms with Crippen molar-refractivity contribution in [1.82, 2.24) is 0 Å². The normalized spacial score (nSPS) is 11.0. The van der Waals surface area contributed by atoms with Crippen LogP contribution in [0.25, 0.3) is 0 Å². The number of hydrogen-bond acceptors (Lipinski definition) is 5. The highest BCUT2D eigenvalue weighted by molar-refractivity contribution is 7.89. The largest absolute Gasteiger partial charge is 0.462 e. The van der Waals surface area contributed by atoms with Crippen molar-refractivity contribution in [2.24, 2.45) is 5.14 Å². The van der Waals surface area contributed by atoms with Gasteiger partial charge in [0.2, 0.25) is 10.0 Å². The summed E-state index contributed by atoms with van der Waals surface area (Å²) in [4.78, 5) is 11.6. The Bertz CT molecular complexity index is 753. The average molecular weight is 320 g/mol. The second kappa shape index (κ2) is 6.59. The van der Waals surface area contributed by atoms with Gasteiger partial charge in [-0.1, -0.05) is 0 Å². The van der Waals surface area contributed by atoms with Crippen molar-refractivity contribution >= 4 is 27.4 Å². The van der Waals surface area contributed by atoms with E-state index in [1.165, 1.54) is 12.1 Å². The highest BCUT2D eigenvalue weighted by Gasteiger charge is 2.08. The summed E-state index contributed by atoms with van der Waals surface area (Å²) in [5.74, 6) is -0.369. The number of carbonyl (C=O) groups is 1. The van der Waals surface area contributed by atoms with Gasteiger partial charge in [0.05, 0.1) is 17.1 Å². The molecule has 116 valence electrons. The Morgan fingerprint density at radius 3 is 2.00 bits per heavy atom. The van der Waals surface area contributed by atoms with Crippen LogP contribution in [0.3, 0.4) is 0 Å². The van der Waals surface area contributed by atoms with Gasteiger partial charge < -0.3 is 10.1 Å². The van der Waals surface area contributed by atoms with Crippen LogP contribution in [0.1, 0.15) is 17.3 Å². The van der Waals surface area contributed by atoms with E-state index in [4.69, 9.17) is 9.88 Å². The molecule has 2 aromatic rings. The molecule has 0 aliphatic rings. The third kappa shape index (κ3) is 4.06. The summed E-state index contributed by atoms with van der Waals surface area (Å²) in [6.07, 6.45) is 0. The number of sulfonamides is 1. The molecule has 6 nitrogen and oxygen atoms in total. The third-order valence-corrected chi connectivity index (χ3v) is 3.80. The Hall–Kier alpha value is -2.38. The Morgan fingerprint density at radius 1 is 1.05 bits per heavy atom. The Labute approximate surface area is 129 Å². The first kappa shape index (κ1) is 16.0. The fraction of sp³-hybridized carbons (Fsp3) is 0.133. The van der Waals surface area contributed by atoms with Crippen molar-refractivity contribution in [2.45, 2.75) is 11.8 Å². The monoisotopic (exact) mass is 320 g/mol. The predicted octanol–water partition coefficient (Wildman–Crippen LogP) is 2.25. The van der Waals surface area contributed by atoms with Gasteiger partial charge in [-0.3, -0.25) is 0 Å². The van der Waals surface area contributed by atoms with Crippen LogP contribution >= 0.6 is 0 Å². The maximum Gasteiger partial charge on any atom is 0.338 e. The lowest BCUT2D eigenvalue weighted by molar-refractivity contribution is 0.0526. The van der Waals surface area contributed by atoms with E-state index in [0.717, 1.165) is 5.69 Å². The number of primary sulfonamides is 1. The first-order chi connectivity index (χ1) is 10.4. The van der Waals surface area contributed by atoms with Gasteiger partial charge in [-0.05, 0) is 55.5 Å². The summed E-state index contributed by atoms with van der Waals surface area (Å²) >= 11 is 0. The molecule has 0 fully saturated rings. The van der Waals surface area contributed by atoms with Crippen molar-refractivity contribution in [3.63, 3.8) is 0 Å². The smallest absolute Gasteiger partial charge is 0.338 e. The molecule has 22 heavy (non-hydrogen) atoms. The topological polar surface area (TPSA) is 98.5 Å². The maximum atomic E-state index is 11.5. The van der Waals surface area contributed by atoms with Crippen LogP contribution in [0.2, 0.25) is 0 Å². The SMILES string of the molecule is CCOC(=O)c1ccc(Nc2ccc(S(N)(=O)=O)cc2)cc1. The molecule has 0 amide bonds. The number of anilines is 2. The van der Waals surface area contributed by atoms with Crippen LogP contribution in [0.15, 0.2) is 53.4 Å². The number of ether oxygens (including phenoxy) is 1. The van der Waals surface area contributed by atoms with E-state index in [-0.39, 0.29) is 10.9 Å². The molecule has 2 aromatic carbocycles. The third-order valence-electron chi connectivity index (χ3n) is 2.87. The van der Waals surface area contributed by atoms with Crippen molar-refractivity contribution in [2.75, 3.05) is 11.9 Å². The number of rotatable bonds is 5. The van der Waals surface area contributed by atoms with Crippen LogP contribution in [0, 0.1) is 0 Å². The minimum absolute atomic E-state index is 0.0516. The first-order valence-corrected chi connectivity index (χ1v) is 8.12. The Morgan fingerprint density at radius 2 is 1.55 bits per heavy atom. The van der Waals surface area contributed by atoms with Gasteiger partial charge in [-0.25, -0.2) is 18.4 Å². The number of nitrogens with one attached hydrogen (secondary N) is 1. The molecule has 2 rings (SSSR count). The van der Waals surface area contributed by atoms with Crippen molar-refractivity contribution in [1.29, 1.82) is 0 Å². The van der Waals surface area contributed by atoms with E-state index >= 15 is 0 Å². The number of nitrogens with two attached hydrogens (primary N) is 1. The molecule has 0 atom stereocenters. The number of benzene rings is 2. The molecule has 3 N–H and O–H groups in total. The molecule has 0 saturated carbocycles. The van der Waals surface area contributed by atoms with Crippen LogP contribution in [-0.4, -0.2) is 21.0 Å². The zero-order chi connectivity index (χ0) is 16.2. The predicted molar refractivity (Wildman–Crippen MR) is 83.5 cm³/mol. The summed E-state index contributed by atoms with van der Waals surface area (Å²) in [7, 11) is -3.69. The van der Waals surface area contributed by atoms with Crippen LogP contribution in [0.4, 0.5) is 11.4 Å². The minimum atomic E-state index is -3.69. The lowest BCUT2D eigenvalue weighted by Crippen LogP contribution is -2.11. The quantitative estimate of drug-likeness (QED) is 0.823. The van der Waals surface area contributed by atoms with Crippen molar-refractivity contribution in [3.8, 4) is 0 Å². The molecular formula is C15H16N2O4S. The molecule has 0 aliphatic carbocycles. The van der Waals surface area contributed by atoms with Gasteiger partial charge >= 0.3 is 5.97 Å². The summed E-state index contributed by atoms with van der Waals surface area (Å²) in [6.45, 7) is 2.08. The molecule has 7 heteroatoms. The number of hydrogen-bond donors (Lipinski definition) is 2. The zero-order valence-electron chi connectivity index (χ0n) is 11.9. The molecule has 0 heterocycles. The standard InChI is InChI=1S/C15H16N2O4S/c1-2-21-15(18)11-3-5-12(6-4-11)17-13-7-9-14(10-8-13)22(16,19)20/h3-10,17H,2H2,1H3,(H2,16,19,20). The average Bonchev–Trinajstić information content (AvgIpc) is 2.48. The van der Waals surface area contributed by atoms with Crippen LogP contribution in [0.5, 0.6) is 0 Å². The summed E-state index contributed by atoms with van der Waals surface area (Å²) < 4.78 is 27.2. The number of esters is 1. The molecule has 0 radical (unpaired) electrons. The van der Waals surface area contributed by atoms with Crippen molar-refractivity contribution < 1.29 is 17.9 Å². The lowest BCUT2D eigenvalue weighted by Gasteiger charge is -2.08. The maximum absolute atomic E-state index is 11.5. The lowest BCUT2D eigenvalue weighted by atomic mass is 10.2. The first-order valence-electron chi connectivity index (χ1n) is 6.57. The van der Waals surface area contributed by atoms with E-state index in [2.05, 4.69) is 5.32 Å². The van der Waals surface area contributed by atoms with Gasteiger partial charge in [-0.15, -0.1) is 0 Å². The van der Waals surface area contributed by atoms with Crippen LogP contribution in [-0.2, 0) is 14.8 Å². The van der Waals surface area contributed by atoms with E-state index in [1.807, 2.05) is 0 Å². The molecule has 0 aliphatic heterocycles. The van der Waals surface area contributed by atoms with E-state index in [1.54, 1.807) is 43.3 Å². The fourth-order valence-corrected chi connectivity index (χ4v) is 2.31. The van der Waals surface area contributed by atoms with E-state index in [0.29, 0.717) is 17.9 Å². The second-order valence-electron chi connectivity index (χ2n) is 4.49. The summed E-state index contributed by atoms with van der Waals surface area (Å²) in [6, 6.07) is 12.8. The number of carbonyl (C=O) groups excluding carboxylic acids is 1. The highest BCUT2D eigenvalue weighted by Crippen LogP contribution is 2.19. The highest BCUT2D eigenvalue weighted by atomic mass is 32.2. The van der Waals surface area contributed by atoms with Crippen molar-refractivity contribution in [3.05, 3.63) is 54.1 Å². The second-order valence-corrected chi connectivity index (χ2v) is 6.05. The van der Waals surface area contributed by atoms with Gasteiger partial charge in [0.25, 0.3) is 0 Å². The molecule has 0 unspecified atom stereocenters. The molecular weight excluding hydrogens is 304 g/mol. The zero-order valence-corrected chi connectivity index (χ0v) is 12.8. The molecule has 0 saturated heterocycles. The van der Waals surface area contributed by atoms with Crippen LogP contribution < -0.4 is 10.5 Å². The molecule has 0 aromatic heterocycles. The molecule has 0 spiro atoms. The summed E-state index contributed by atoms with van der Waals surface area (Å²) in [5, 5.41) is 8.13. The van der Waals surface area contributed by atoms with E-state index in [9.17, 15) is 13.2 Å². The summed E-state index contributed by atoms with van der Waals surface area (Å²) in [5.41, 5.74) is 1.93. The Kier molecular flexibility index (Phi) is 4.79.